The summed E-state index contributed by atoms with van der Waals surface area (Å²) in [6, 6.07) is 11.6. The fourth-order valence-electron chi connectivity index (χ4n) is 4.11. The summed E-state index contributed by atoms with van der Waals surface area (Å²) in [7, 11) is -1.87. The Morgan fingerprint density at radius 1 is 1.11 bits per heavy atom. The number of hydrogen-bond acceptors (Lipinski definition) is 3. The van der Waals surface area contributed by atoms with Crippen LogP contribution in [0.3, 0.4) is 0 Å². The molecule has 36 heavy (non-hydrogen) atoms. The van der Waals surface area contributed by atoms with Crippen molar-refractivity contribution in [1.29, 1.82) is 0 Å². The van der Waals surface area contributed by atoms with E-state index >= 15 is 0 Å². The van der Waals surface area contributed by atoms with Gasteiger partial charge in [-0.1, -0.05) is 39.0 Å². The number of piperidine rings is 1. The lowest BCUT2D eigenvalue weighted by atomic mass is 10.0. The zero-order chi connectivity index (χ0) is 26.7. The maximum Gasteiger partial charge on any atom is 0.416 e. The van der Waals surface area contributed by atoms with Crippen LogP contribution in [0.5, 0.6) is 0 Å². The third-order valence-corrected chi connectivity index (χ3v) is 12.4. The van der Waals surface area contributed by atoms with Gasteiger partial charge < -0.3 is 9.74 Å². The van der Waals surface area contributed by atoms with Gasteiger partial charge in [-0.3, -0.25) is 9.69 Å². The second-order valence-corrected chi connectivity index (χ2v) is 17.1. The molecule has 0 radical (unpaired) electrons. The number of rotatable bonds is 7. The second kappa shape index (κ2) is 11.5. The van der Waals surface area contributed by atoms with E-state index < -0.39 is 20.1 Å². The Labute approximate surface area is 227 Å². The molecule has 0 bridgehead atoms. The molecule has 0 aromatic heterocycles. The first-order valence-corrected chi connectivity index (χ1v) is 16.3. The monoisotopic (exact) mass is 632 g/mol. The lowest BCUT2D eigenvalue weighted by Crippen LogP contribution is -2.47. The Morgan fingerprint density at radius 2 is 1.78 bits per heavy atom. The zero-order valence-corrected chi connectivity index (χ0v) is 24.8. The number of carbonyl (C=O) groups is 1. The summed E-state index contributed by atoms with van der Waals surface area (Å²) >= 11 is 2.16. The predicted molar refractivity (Wildman–Crippen MR) is 150 cm³/mol. The summed E-state index contributed by atoms with van der Waals surface area (Å²) in [5.74, 6) is -0.346. The zero-order valence-electron chi connectivity index (χ0n) is 21.6. The molecule has 1 N–H and O–H groups in total. The van der Waals surface area contributed by atoms with E-state index in [0.717, 1.165) is 28.0 Å². The number of carbonyl (C=O) groups excluding carboxylic acids is 1. The Hall–Kier alpha value is -1.43. The molecular formula is C27H36F3IN2O2Si. The number of anilines is 1. The third kappa shape index (κ3) is 8.03. The first-order valence-electron chi connectivity index (χ1n) is 12.3. The van der Waals surface area contributed by atoms with Crippen LogP contribution in [0.2, 0.25) is 18.1 Å². The van der Waals surface area contributed by atoms with Gasteiger partial charge >= 0.3 is 6.18 Å². The third-order valence-electron chi connectivity index (χ3n) is 7.15. The van der Waals surface area contributed by atoms with Crippen molar-refractivity contribution >= 4 is 42.5 Å². The van der Waals surface area contributed by atoms with Gasteiger partial charge in [0.2, 0.25) is 5.91 Å². The van der Waals surface area contributed by atoms with Crippen molar-refractivity contribution in [1.82, 2.24) is 4.90 Å². The summed E-state index contributed by atoms with van der Waals surface area (Å²) in [4.78, 5) is 14.5. The van der Waals surface area contributed by atoms with Crippen molar-refractivity contribution in [3.8, 4) is 0 Å². The van der Waals surface area contributed by atoms with Crippen molar-refractivity contribution in [2.45, 2.75) is 77.0 Å². The first kappa shape index (κ1) is 29.1. The van der Waals surface area contributed by atoms with Gasteiger partial charge in [-0.2, -0.15) is 13.2 Å². The van der Waals surface area contributed by atoms with Crippen LogP contribution in [0.1, 0.15) is 50.3 Å². The summed E-state index contributed by atoms with van der Waals surface area (Å²) in [6.07, 6.45) is -2.60. The largest absolute Gasteiger partial charge is 0.416 e. The van der Waals surface area contributed by atoms with Gasteiger partial charge in [0.25, 0.3) is 0 Å². The van der Waals surface area contributed by atoms with Crippen LogP contribution in [0.25, 0.3) is 0 Å². The standard InChI is InChI=1S/C27H36F3IN2O2Si/c1-26(2,3)36(4,5)35-23-11-13-33(14-12-23)18-20-9-10-22(17-24(20)27(28,29)30)32-25(34)16-19-7-6-8-21(31)15-19/h6-10,15,17,23H,11-14,16,18H2,1-5H3,(H,32,34). The lowest BCUT2D eigenvalue weighted by molar-refractivity contribution is -0.138. The highest BCUT2D eigenvalue weighted by molar-refractivity contribution is 14.1. The molecule has 0 spiro atoms. The second-order valence-electron chi connectivity index (χ2n) is 11.1. The number of amides is 1. The number of likely N-dealkylation sites (tertiary alicyclic amines) is 1. The van der Waals surface area contributed by atoms with Crippen molar-refractivity contribution in [3.05, 3.63) is 62.7 Å². The lowest BCUT2D eigenvalue weighted by Gasteiger charge is -2.42. The molecule has 2 aromatic rings. The molecule has 1 amide bonds. The van der Waals surface area contributed by atoms with Crippen molar-refractivity contribution in [2.75, 3.05) is 18.4 Å². The van der Waals surface area contributed by atoms with E-state index in [1.54, 1.807) is 6.07 Å². The Kier molecular flexibility index (Phi) is 9.33. The molecule has 4 nitrogen and oxygen atoms in total. The summed E-state index contributed by atoms with van der Waals surface area (Å²) < 4.78 is 49.3. The molecule has 1 aliphatic rings. The van der Waals surface area contributed by atoms with Crippen LogP contribution in [0, 0.1) is 3.57 Å². The van der Waals surface area contributed by atoms with Crippen molar-refractivity contribution < 1.29 is 22.4 Å². The first-order chi connectivity index (χ1) is 16.6. The molecule has 198 valence electrons. The number of nitrogens with one attached hydrogen (secondary N) is 1. The topological polar surface area (TPSA) is 41.6 Å². The fraction of sp³-hybridized carbons (Fsp3) is 0.519. The van der Waals surface area contributed by atoms with Gasteiger partial charge in [0.15, 0.2) is 8.32 Å². The van der Waals surface area contributed by atoms with Gasteiger partial charge in [0.1, 0.15) is 0 Å². The molecule has 1 heterocycles. The molecule has 3 rings (SSSR count). The van der Waals surface area contributed by atoms with E-state index in [4.69, 9.17) is 4.43 Å². The summed E-state index contributed by atoms with van der Waals surface area (Å²) in [5.41, 5.74) is 0.493. The van der Waals surface area contributed by atoms with E-state index in [2.05, 4.69) is 66.7 Å². The van der Waals surface area contributed by atoms with Crippen LogP contribution in [0.15, 0.2) is 42.5 Å². The number of halogens is 4. The predicted octanol–water partition coefficient (Wildman–Crippen LogP) is 7.48. The van der Waals surface area contributed by atoms with E-state index in [1.165, 1.54) is 6.07 Å². The molecule has 9 heteroatoms. The highest BCUT2D eigenvalue weighted by Crippen LogP contribution is 2.39. The Morgan fingerprint density at radius 3 is 2.36 bits per heavy atom. The summed E-state index contributed by atoms with van der Waals surface area (Å²) in [6.45, 7) is 12.7. The maximum atomic E-state index is 13.9. The number of nitrogens with zero attached hydrogens (tertiary/aromatic N) is 1. The minimum atomic E-state index is -4.50. The van der Waals surface area contributed by atoms with Gasteiger partial charge in [-0.05, 0) is 89.0 Å². The van der Waals surface area contributed by atoms with E-state index in [1.807, 2.05) is 24.3 Å². The minimum Gasteiger partial charge on any atom is -0.414 e. The molecule has 1 saturated heterocycles. The minimum absolute atomic E-state index is 0.103. The molecule has 0 unspecified atom stereocenters. The number of hydrogen-bond donors (Lipinski definition) is 1. The van der Waals surface area contributed by atoms with Crippen LogP contribution in [0.4, 0.5) is 18.9 Å². The Balaban J connectivity index is 1.64. The van der Waals surface area contributed by atoms with Crippen LogP contribution in [-0.2, 0) is 28.4 Å². The number of benzene rings is 2. The van der Waals surface area contributed by atoms with Gasteiger partial charge in [-0.15, -0.1) is 0 Å². The average Bonchev–Trinajstić information content (AvgIpc) is 2.74. The highest BCUT2D eigenvalue weighted by atomic mass is 127. The molecule has 0 saturated carbocycles. The van der Waals surface area contributed by atoms with Gasteiger partial charge in [0, 0.05) is 35.0 Å². The fourth-order valence-corrected chi connectivity index (χ4v) is 6.14. The summed E-state index contributed by atoms with van der Waals surface area (Å²) in [5, 5.41) is 2.75. The van der Waals surface area contributed by atoms with E-state index in [-0.39, 0.29) is 41.3 Å². The molecule has 2 aromatic carbocycles. The van der Waals surface area contributed by atoms with Crippen molar-refractivity contribution in [2.24, 2.45) is 0 Å². The quantitative estimate of drug-likeness (QED) is 0.254. The molecule has 0 atom stereocenters. The normalized spacial score (nSPS) is 16.2. The highest BCUT2D eigenvalue weighted by Gasteiger charge is 2.40. The molecule has 1 aliphatic heterocycles. The van der Waals surface area contributed by atoms with Crippen LogP contribution in [-0.4, -0.2) is 38.3 Å². The van der Waals surface area contributed by atoms with E-state index in [0.29, 0.717) is 13.1 Å². The van der Waals surface area contributed by atoms with Crippen LogP contribution < -0.4 is 5.32 Å². The SMILES string of the molecule is CC(C)(C)[Si](C)(C)OC1CCN(Cc2ccc(NC(=O)Cc3cccc(I)c3)cc2C(F)(F)F)CC1. The van der Waals surface area contributed by atoms with Crippen LogP contribution >= 0.6 is 22.6 Å². The molecular weight excluding hydrogens is 596 g/mol. The molecule has 0 aliphatic carbocycles. The van der Waals surface area contributed by atoms with Gasteiger partial charge in [-0.25, -0.2) is 0 Å². The molecule has 1 fully saturated rings. The van der Waals surface area contributed by atoms with Gasteiger partial charge in [0.05, 0.1) is 12.0 Å². The number of alkyl halides is 3. The Bertz CT molecular complexity index is 1060. The van der Waals surface area contributed by atoms with E-state index in [9.17, 15) is 18.0 Å². The average molecular weight is 633 g/mol. The van der Waals surface area contributed by atoms with Crippen molar-refractivity contribution in [3.63, 3.8) is 0 Å². The maximum absolute atomic E-state index is 13.9. The smallest absolute Gasteiger partial charge is 0.414 e.